The molecule has 1 amide bonds. The Bertz CT molecular complexity index is 2030. The molecule has 2 aromatic carbocycles. The summed E-state index contributed by atoms with van der Waals surface area (Å²) in [5, 5.41) is 0.725. The molecule has 5 rings (SSSR count). The minimum Gasteiger partial charge on any atom is -0.480 e. The van der Waals surface area contributed by atoms with E-state index in [9.17, 15) is 26.8 Å². The number of rotatable bonds is 8. The number of amides is 1. The number of sulfonamides is 1. The number of carbonyl (C=O) groups is 2. The predicted molar refractivity (Wildman–Crippen MR) is 169 cm³/mol. The number of hydrogen-bond acceptors (Lipinski definition) is 10. The third-order valence-electron chi connectivity index (χ3n) is 6.77. The highest BCUT2D eigenvalue weighted by molar-refractivity contribution is 7.92. The number of ether oxygens (including phenoxy) is 1. The van der Waals surface area contributed by atoms with Gasteiger partial charge in [-0.2, -0.15) is 0 Å². The number of allylic oxidation sites excluding steroid dienone is 1. The van der Waals surface area contributed by atoms with E-state index in [1.807, 2.05) is 11.0 Å². The lowest BCUT2D eigenvalue weighted by Crippen LogP contribution is -2.48. The first kappa shape index (κ1) is 36.0. The van der Waals surface area contributed by atoms with E-state index in [0.29, 0.717) is 54.7 Å². The highest BCUT2D eigenvalue weighted by Gasteiger charge is 2.24. The second kappa shape index (κ2) is 14.9. The molecule has 1 aliphatic heterocycles. The van der Waals surface area contributed by atoms with Gasteiger partial charge in [0.05, 0.1) is 12.6 Å². The van der Waals surface area contributed by atoms with Crippen LogP contribution < -0.4 is 14.4 Å². The number of nitrogens with zero attached hydrogens (tertiary/aromatic N) is 5. The molecule has 0 bridgehead atoms. The highest BCUT2D eigenvalue weighted by atomic mass is 32.2. The Kier molecular flexibility index (Phi) is 11.2. The molecule has 0 saturated carbocycles. The average Bonchev–Trinajstić information content (AvgIpc) is 3.02. The molecule has 15 nitrogen and oxygen atoms in total. The summed E-state index contributed by atoms with van der Waals surface area (Å²) < 4.78 is 69.9. The van der Waals surface area contributed by atoms with Gasteiger partial charge in [-0.25, -0.2) is 36.7 Å². The Morgan fingerprint density at radius 3 is 2.27 bits per heavy atom. The van der Waals surface area contributed by atoms with Crippen molar-refractivity contribution in [3.63, 3.8) is 0 Å². The molecule has 1 saturated heterocycles. The van der Waals surface area contributed by atoms with Gasteiger partial charge in [0.2, 0.25) is 11.8 Å². The van der Waals surface area contributed by atoms with Crippen LogP contribution in [0.4, 0.5) is 20.3 Å². The Morgan fingerprint density at radius 2 is 1.65 bits per heavy atom. The third kappa shape index (κ3) is 9.36. The Hall–Kier alpha value is -4.87. The molecule has 48 heavy (non-hydrogen) atoms. The fraction of sp³-hybridized carbons (Fsp3) is 0.207. The lowest BCUT2D eigenvalue weighted by atomic mass is 10.0. The number of anilines is 2. The van der Waals surface area contributed by atoms with Gasteiger partial charge in [-0.3, -0.25) is 14.3 Å². The maximum atomic E-state index is 14.3. The number of nitrogens with one attached hydrogen (secondary N) is 1. The number of hydrogen-bond donors (Lipinski definition) is 4. The first-order valence-corrected chi connectivity index (χ1v) is 16.9. The number of ketones is 1. The molecular formula is C29H29F2N6O9PS. The van der Waals surface area contributed by atoms with Crippen LogP contribution in [0.5, 0.6) is 5.88 Å². The number of carbonyl (C=O) groups excluding carboxylic acids is 2. The zero-order valence-electron chi connectivity index (χ0n) is 25.3. The summed E-state index contributed by atoms with van der Waals surface area (Å²) in [4.78, 5) is 61.2. The molecule has 0 radical (unpaired) electrons. The van der Waals surface area contributed by atoms with Crippen molar-refractivity contribution >= 4 is 51.9 Å². The number of halogens is 2. The van der Waals surface area contributed by atoms with Gasteiger partial charge in [-0.1, -0.05) is 6.07 Å². The van der Waals surface area contributed by atoms with E-state index >= 15 is 0 Å². The van der Waals surface area contributed by atoms with Gasteiger partial charge >= 0.3 is 7.82 Å². The van der Waals surface area contributed by atoms with Crippen LogP contribution in [-0.2, 0) is 24.2 Å². The molecule has 0 unspecified atom stereocenters. The second-order valence-corrected chi connectivity index (χ2v) is 12.8. The van der Waals surface area contributed by atoms with Crippen LogP contribution in [0.15, 0.2) is 72.0 Å². The standard InChI is InChI=1S/C29H26F2N6O5S.H3O4P/c1-18(38)3-8-27(39)36-9-11-37(12-10-36)28-22-13-19(4-6-24(22)33-17-34-28)20-14-25(29(42-2)32-16-20)35-43(40,41)26-7-5-21(30)15-23(26)31;1-5(2,3)4/h3-8,13-17,35H,9-12H2,1-2H3;(H3,1,2,3,4)/b8-3+;. The van der Waals surface area contributed by atoms with E-state index in [0.717, 1.165) is 17.5 Å². The van der Waals surface area contributed by atoms with Crippen molar-refractivity contribution in [2.24, 2.45) is 0 Å². The van der Waals surface area contributed by atoms with Gasteiger partial charge in [-0.15, -0.1) is 0 Å². The molecule has 254 valence electrons. The molecule has 19 heteroatoms. The summed E-state index contributed by atoms with van der Waals surface area (Å²) in [6, 6.07) is 9.09. The molecule has 1 aliphatic rings. The highest BCUT2D eigenvalue weighted by Crippen LogP contribution is 2.33. The van der Waals surface area contributed by atoms with Crippen LogP contribution in [0.1, 0.15) is 6.92 Å². The van der Waals surface area contributed by atoms with Gasteiger partial charge in [0, 0.05) is 55.5 Å². The van der Waals surface area contributed by atoms with Gasteiger partial charge < -0.3 is 29.2 Å². The van der Waals surface area contributed by atoms with Crippen LogP contribution in [0, 0.1) is 11.6 Å². The van der Waals surface area contributed by atoms with Crippen molar-refractivity contribution in [2.45, 2.75) is 11.8 Å². The van der Waals surface area contributed by atoms with E-state index < -0.39 is 34.4 Å². The van der Waals surface area contributed by atoms with Crippen molar-refractivity contribution in [2.75, 3.05) is 42.9 Å². The quantitative estimate of drug-likeness (QED) is 0.154. The van der Waals surface area contributed by atoms with E-state index in [1.165, 1.54) is 44.8 Å². The van der Waals surface area contributed by atoms with Gasteiger partial charge in [0.15, 0.2) is 5.78 Å². The number of pyridine rings is 1. The van der Waals surface area contributed by atoms with Crippen molar-refractivity contribution < 1.29 is 50.8 Å². The number of methoxy groups -OCH3 is 1. The minimum absolute atomic E-state index is 0.0482. The van der Waals surface area contributed by atoms with Crippen molar-refractivity contribution in [1.82, 2.24) is 19.9 Å². The summed E-state index contributed by atoms with van der Waals surface area (Å²) in [6.45, 7) is 3.27. The topological polar surface area (TPSA) is 212 Å². The fourth-order valence-corrected chi connectivity index (χ4v) is 5.75. The normalized spacial score (nSPS) is 13.6. The van der Waals surface area contributed by atoms with E-state index in [2.05, 4.69) is 19.7 Å². The summed E-state index contributed by atoms with van der Waals surface area (Å²) in [5.74, 6) is -1.97. The minimum atomic E-state index is -4.64. The van der Waals surface area contributed by atoms with Crippen LogP contribution in [0.2, 0.25) is 0 Å². The molecule has 4 aromatic rings. The third-order valence-corrected chi connectivity index (χ3v) is 8.17. The number of piperazine rings is 1. The SMILES string of the molecule is COc1ncc(-c2ccc3ncnc(N4CCN(C(=O)/C=C/C(C)=O)CC4)c3c2)cc1NS(=O)(=O)c1ccc(F)cc1F.O=P(O)(O)O. The van der Waals surface area contributed by atoms with Gasteiger partial charge in [0.25, 0.3) is 10.0 Å². The van der Waals surface area contributed by atoms with Crippen LogP contribution >= 0.6 is 7.82 Å². The molecule has 2 aromatic heterocycles. The van der Waals surface area contributed by atoms with E-state index in [-0.39, 0.29) is 23.3 Å². The Morgan fingerprint density at radius 1 is 0.958 bits per heavy atom. The first-order valence-electron chi connectivity index (χ1n) is 13.8. The fourth-order valence-electron chi connectivity index (χ4n) is 4.65. The van der Waals surface area contributed by atoms with Gasteiger partial charge in [0.1, 0.15) is 34.4 Å². The van der Waals surface area contributed by atoms with Crippen molar-refractivity contribution in [3.05, 3.63) is 78.8 Å². The molecule has 0 spiro atoms. The smallest absolute Gasteiger partial charge is 0.466 e. The van der Waals surface area contributed by atoms with Crippen LogP contribution in [-0.4, -0.2) is 87.9 Å². The van der Waals surface area contributed by atoms with E-state index in [1.54, 1.807) is 17.0 Å². The molecule has 0 atom stereocenters. The predicted octanol–water partition coefficient (Wildman–Crippen LogP) is 2.64. The summed E-state index contributed by atoms with van der Waals surface area (Å²) >= 11 is 0. The Labute approximate surface area is 272 Å². The maximum Gasteiger partial charge on any atom is 0.466 e. The summed E-state index contributed by atoms with van der Waals surface area (Å²) in [6.07, 6.45) is 5.48. The van der Waals surface area contributed by atoms with Crippen LogP contribution in [0.3, 0.4) is 0 Å². The maximum absolute atomic E-state index is 14.3. The van der Waals surface area contributed by atoms with Crippen molar-refractivity contribution in [1.29, 1.82) is 0 Å². The number of phosphoric acid groups is 1. The zero-order valence-corrected chi connectivity index (χ0v) is 27.0. The Balaban J connectivity index is 0.000000968. The molecular weight excluding hydrogens is 677 g/mol. The number of aromatic nitrogens is 3. The second-order valence-electron chi connectivity index (χ2n) is 10.2. The van der Waals surface area contributed by atoms with Crippen molar-refractivity contribution in [3.8, 4) is 17.0 Å². The molecule has 4 N–H and O–H groups in total. The largest absolute Gasteiger partial charge is 0.480 e. The summed E-state index contributed by atoms with van der Waals surface area (Å²) in [5.41, 5.74) is 1.80. The molecule has 1 fully saturated rings. The van der Waals surface area contributed by atoms with Crippen LogP contribution in [0.25, 0.3) is 22.0 Å². The number of benzene rings is 2. The lowest BCUT2D eigenvalue weighted by molar-refractivity contribution is -0.126. The molecule has 3 heterocycles. The average molecular weight is 707 g/mol. The molecule has 0 aliphatic carbocycles. The zero-order chi connectivity index (χ0) is 35.2. The number of fused-ring (bicyclic) bond motifs is 1. The first-order chi connectivity index (χ1) is 22.6. The summed E-state index contributed by atoms with van der Waals surface area (Å²) in [7, 11) is -7.78. The van der Waals surface area contributed by atoms with E-state index in [4.69, 9.17) is 24.0 Å². The van der Waals surface area contributed by atoms with Gasteiger partial charge in [-0.05, 0) is 48.9 Å². The monoisotopic (exact) mass is 706 g/mol. The lowest BCUT2D eigenvalue weighted by Gasteiger charge is -2.35.